The molecule has 0 unspecified atom stereocenters. The molecular formula is C26H39N5O2S. The maximum atomic E-state index is 13.1. The van der Waals surface area contributed by atoms with E-state index in [1.54, 1.807) is 11.3 Å². The first kappa shape index (κ1) is 25.2. The van der Waals surface area contributed by atoms with Gasteiger partial charge in [-0.2, -0.15) is 5.26 Å². The van der Waals surface area contributed by atoms with Crippen LogP contribution in [0.25, 0.3) is 0 Å². The lowest BCUT2D eigenvalue weighted by atomic mass is 9.92. The number of anilines is 1. The number of nitrogens with zero attached hydrogens (tertiary/aromatic N) is 4. The molecule has 0 bridgehead atoms. The van der Waals surface area contributed by atoms with Gasteiger partial charge in [0.15, 0.2) is 0 Å². The van der Waals surface area contributed by atoms with E-state index in [0.29, 0.717) is 23.9 Å². The van der Waals surface area contributed by atoms with E-state index < -0.39 is 0 Å². The summed E-state index contributed by atoms with van der Waals surface area (Å²) in [5.41, 5.74) is 1.83. The van der Waals surface area contributed by atoms with Crippen LogP contribution in [0.5, 0.6) is 0 Å². The number of carbonyl (C=O) groups is 2. The molecule has 1 N–H and O–H groups in total. The largest absolute Gasteiger partial charge is 0.341 e. The van der Waals surface area contributed by atoms with Crippen LogP contribution >= 0.6 is 11.3 Å². The van der Waals surface area contributed by atoms with E-state index in [9.17, 15) is 14.9 Å². The molecule has 2 aliphatic heterocycles. The summed E-state index contributed by atoms with van der Waals surface area (Å²) in [4.78, 5) is 33.6. The topological polar surface area (TPSA) is 79.7 Å². The molecule has 1 aromatic heterocycles. The Labute approximate surface area is 208 Å². The van der Waals surface area contributed by atoms with Gasteiger partial charge < -0.3 is 10.2 Å². The first-order valence-corrected chi connectivity index (χ1v) is 13.8. The van der Waals surface area contributed by atoms with Crippen LogP contribution in [-0.4, -0.2) is 78.4 Å². The van der Waals surface area contributed by atoms with Gasteiger partial charge >= 0.3 is 0 Å². The lowest BCUT2D eigenvalue weighted by Crippen LogP contribution is -2.55. The minimum absolute atomic E-state index is 0.0475. The van der Waals surface area contributed by atoms with E-state index in [-0.39, 0.29) is 17.9 Å². The maximum absolute atomic E-state index is 13.1. The molecule has 186 valence electrons. The summed E-state index contributed by atoms with van der Waals surface area (Å²) >= 11 is 1.59. The molecule has 2 fully saturated rings. The second-order valence-corrected chi connectivity index (χ2v) is 11.7. The van der Waals surface area contributed by atoms with E-state index in [2.05, 4.69) is 35.0 Å². The summed E-state index contributed by atoms with van der Waals surface area (Å²) in [6.45, 7) is 11.7. The molecule has 1 aliphatic carbocycles. The maximum Gasteiger partial charge on any atom is 0.242 e. The van der Waals surface area contributed by atoms with E-state index in [1.807, 2.05) is 11.8 Å². The number of nitrogens with one attached hydrogen (secondary N) is 1. The molecule has 34 heavy (non-hydrogen) atoms. The average Bonchev–Trinajstić information content (AvgIpc) is 2.97. The summed E-state index contributed by atoms with van der Waals surface area (Å²) in [5, 5.41) is 13.5. The minimum Gasteiger partial charge on any atom is -0.341 e. The van der Waals surface area contributed by atoms with Gasteiger partial charge in [-0.3, -0.25) is 19.4 Å². The van der Waals surface area contributed by atoms with Crippen molar-refractivity contribution in [1.82, 2.24) is 14.7 Å². The van der Waals surface area contributed by atoms with Gasteiger partial charge in [0.25, 0.3) is 0 Å². The molecule has 4 rings (SSSR count). The number of thiophene rings is 1. The van der Waals surface area contributed by atoms with Gasteiger partial charge in [0.2, 0.25) is 11.8 Å². The number of piperazine rings is 1. The fourth-order valence-corrected chi connectivity index (χ4v) is 7.04. The molecule has 3 aliphatic rings. The first-order valence-electron chi connectivity index (χ1n) is 12.9. The molecule has 2 amide bonds. The van der Waals surface area contributed by atoms with Crippen molar-refractivity contribution in [2.24, 2.45) is 11.8 Å². The number of rotatable bonds is 5. The van der Waals surface area contributed by atoms with Crippen molar-refractivity contribution < 1.29 is 9.59 Å². The van der Waals surface area contributed by atoms with E-state index in [1.165, 1.54) is 17.7 Å². The molecule has 7 nitrogen and oxygen atoms in total. The summed E-state index contributed by atoms with van der Waals surface area (Å²) in [7, 11) is 0. The van der Waals surface area contributed by atoms with Crippen molar-refractivity contribution in [3.8, 4) is 6.07 Å². The number of likely N-dealkylation sites (tertiary alicyclic amines) is 1. The smallest absolute Gasteiger partial charge is 0.242 e. The summed E-state index contributed by atoms with van der Waals surface area (Å²) in [5.74, 6) is 1.33. The predicted molar refractivity (Wildman–Crippen MR) is 136 cm³/mol. The number of piperidine rings is 1. The lowest BCUT2D eigenvalue weighted by molar-refractivity contribution is -0.136. The van der Waals surface area contributed by atoms with Crippen molar-refractivity contribution in [2.75, 3.05) is 51.1 Å². The third kappa shape index (κ3) is 5.81. The molecule has 0 saturated carbocycles. The molecule has 2 saturated heterocycles. The third-order valence-electron chi connectivity index (χ3n) is 7.68. The molecule has 1 aromatic rings. The van der Waals surface area contributed by atoms with Crippen molar-refractivity contribution in [1.29, 1.82) is 5.26 Å². The van der Waals surface area contributed by atoms with Gasteiger partial charge in [-0.15, -0.1) is 11.3 Å². The van der Waals surface area contributed by atoms with E-state index >= 15 is 0 Å². The van der Waals surface area contributed by atoms with Crippen LogP contribution in [-0.2, 0) is 22.4 Å². The van der Waals surface area contributed by atoms with Crippen molar-refractivity contribution in [3.05, 3.63) is 16.0 Å². The number of hydrogen-bond acceptors (Lipinski definition) is 6. The van der Waals surface area contributed by atoms with Gasteiger partial charge in [0.05, 0.1) is 18.2 Å². The first-order chi connectivity index (χ1) is 16.4. The highest BCUT2D eigenvalue weighted by Crippen LogP contribution is 2.37. The molecule has 3 heterocycles. The molecule has 0 aromatic carbocycles. The normalized spacial score (nSPS) is 25.2. The van der Waals surface area contributed by atoms with Crippen LogP contribution < -0.4 is 5.32 Å². The quantitative estimate of drug-likeness (QED) is 0.647. The van der Waals surface area contributed by atoms with E-state index in [4.69, 9.17) is 0 Å². The Morgan fingerprint density at radius 1 is 1.09 bits per heavy atom. The number of carbonyl (C=O) groups excluding carboxylic acids is 2. The summed E-state index contributed by atoms with van der Waals surface area (Å²) in [6.07, 6.45) is 6.63. The Morgan fingerprint density at radius 3 is 2.44 bits per heavy atom. The van der Waals surface area contributed by atoms with Gasteiger partial charge in [-0.25, -0.2) is 0 Å². The second-order valence-electron chi connectivity index (χ2n) is 10.6. The highest BCUT2D eigenvalue weighted by molar-refractivity contribution is 7.16. The number of hydrogen-bond donors (Lipinski definition) is 1. The van der Waals surface area contributed by atoms with Gasteiger partial charge in [0, 0.05) is 44.1 Å². The monoisotopic (exact) mass is 485 g/mol. The van der Waals surface area contributed by atoms with Crippen molar-refractivity contribution >= 4 is 28.2 Å². The fourth-order valence-electron chi connectivity index (χ4n) is 5.80. The Morgan fingerprint density at radius 2 is 1.76 bits per heavy atom. The van der Waals surface area contributed by atoms with Gasteiger partial charge in [0.1, 0.15) is 11.1 Å². The van der Waals surface area contributed by atoms with Crippen molar-refractivity contribution in [2.45, 2.75) is 65.3 Å². The molecule has 0 spiro atoms. The van der Waals surface area contributed by atoms with E-state index in [0.717, 1.165) is 75.5 Å². The number of fused-ring (bicyclic) bond motifs is 1. The second kappa shape index (κ2) is 11.2. The van der Waals surface area contributed by atoms with Gasteiger partial charge in [-0.05, 0) is 56.4 Å². The zero-order chi connectivity index (χ0) is 24.2. The SMILES string of the molecule is C[C@@H]1C[C@H](C)CN(C(=O)CN2CCN([C@H](C)C(=O)Nc3sc4c(c3C#N)CCCCC4)CC2)C1. The Balaban J connectivity index is 1.28. The number of aryl methyl sites for hydroxylation is 1. The highest BCUT2D eigenvalue weighted by atomic mass is 32.1. The van der Waals surface area contributed by atoms with Crippen LogP contribution in [0, 0.1) is 23.2 Å². The molecule has 0 radical (unpaired) electrons. The number of amides is 2. The summed E-state index contributed by atoms with van der Waals surface area (Å²) in [6, 6.07) is 2.08. The standard InChI is InChI=1S/C26H39N5O2S/c1-18-13-19(2)16-31(15-18)24(32)17-29-9-11-30(12-10-29)20(3)25(33)28-26-22(14-27)21-7-5-4-6-8-23(21)34-26/h18-20H,4-13,15-17H2,1-3H3,(H,28,33)/t18-,19+,20-/m1/s1. The predicted octanol–water partition coefficient (Wildman–Crippen LogP) is 3.34. The van der Waals surface area contributed by atoms with Crippen LogP contribution in [0.1, 0.15) is 62.5 Å². The average molecular weight is 486 g/mol. The van der Waals surface area contributed by atoms with Crippen LogP contribution in [0.3, 0.4) is 0 Å². The number of nitriles is 1. The zero-order valence-electron chi connectivity index (χ0n) is 20.9. The lowest BCUT2D eigenvalue weighted by Gasteiger charge is -2.39. The Hall–Kier alpha value is -1.95. The molecular weight excluding hydrogens is 446 g/mol. The fraction of sp³-hybridized carbons (Fsp3) is 0.731. The van der Waals surface area contributed by atoms with Crippen molar-refractivity contribution in [3.63, 3.8) is 0 Å². The van der Waals surface area contributed by atoms with Crippen LogP contribution in [0.4, 0.5) is 5.00 Å². The minimum atomic E-state index is -0.268. The third-order valence-corrected chi connectivity index (χ3v) is 8.89. The molecule has 8 heteroatoms. The Kier molecular flexibility index (Phi) is 8.28. The van der Waals surface area contributed by atoms with Crippen LogP contribution in [0.2, 0.25) is 0 Å². The zero-order valence-corrected chi connectivity index (χ0v) is 21.8. The Bertz CT molecular complexity index is 920. The highest BCUT2D eigenvalue weighted by Gasteiger charge is 2.30. The summed E-state index contributed by atoms with van der Waals surface area (Å²) < 4.78 is 0. The molecule has 3 atom stereocenters. The van der Waals surface area contributed by atoms with Gasteiger partial charge in [-0.1, -0.05) is 20.3 Å². The van der Waals surface area contributed by atoms with Crippen LogP contribution in [0.15, 0.2) is 0 Å².